The second-order valence-corrected chi connectivity index (χ2v) is 7.66. The third-order valence-electron chi connectivity index (χ3n) is 5.67. The number of rotatable bonds is 7. The summed E-state index contributed by atoms with van der Waals surface area (Å²) in [5.41, 5.74) is 1.27. The Morgan fingerprint density at radius 2 is 1.88 bits per heavy atom. The van der Waals surface area contributed by atoms with Gasteiger partial charge in [-0.2, -0.15) is 0 Å². The van der Waals surface area contributed by atoms with Crippen molar-refractivity contribution >= 4 is 0 Å². The van der Waals surface area contributed by atoms with Crippen molar-refractivity contribution < 1.29 is 4.74 Å². The molecule has 1 saturated carbocycles. The number of ether oxygens (including phenoxy) is 1. The van der Waals surface area contributed by atoms with E-state index in [2.05, 4.69) is 17.3 Å². The average molecular weight is 332 g/mol. The van der Waals surface area contributed by atoms with E-state index >= 15 is 0 Å². The lowest BCUT2D eigenvalue weighted by atomic mass is 9.89. The zero-order valence-corrected chi connectivity index (χ0v) is 15.3. The number of piperidine rings is 1. The Kier molecular flexibility index (Phi) is 7.03. The highest BCUT2D eigenvalue weighted by atomic mass is 16.5. The zero-order valence-electron chi connectivity index (χ0n) is 15.3. The third kappa shape index (κ3) is 5.25. The van der Waals surface area contributed by atoms with E-state index in [1.165, 1.54) is 76.4 Å². The molecule has 134 valence electrons. The lowest BCUT2D eigenvalue weighted by molar-refractivity contribution is 0.142. The summed E-state index contributed by atoms with van der Waals surface area (Å²) in [5.74, 6) is 2.51. The van der Waals surface area contributed by atoms with E-state index in [1.54, 1.807) is 7.11 Å². The third-order valence-corrected chi connectivity index (χ3v) is 5.67. The fourth-order valence-corrected chi connectivity index (χ4v) is 4.32. The van der Waals surface area contributed by atoms with Crippen LogP contribution in [0.4, 0.5) is 0 Å². The van der Waals surface area contributed by atoms with Crippen LogP contribution >= 0.6 is 0 Å². The van der Waals surface area contributed by atoms with Crippen molar-refractivity contribution in [1.82, 2.24) is 14.9 Å². The topological polar surface area (TPSA) is 38.2 Å². The summed E-state index contributed by atoms with van der Waals surface area (Å²) >= 11 is 0. The minimum absolute atomic E-state index is 0.605. The first-order valence-corrected chi connectivity index (χ1v) is 9.87. The first-order chi connectivity index (χ1) is 11.8. The van der Waals surface area contributed by atoms with Crippen molar-refractivity contribution in [1.29, 1.82) is 0 Å². The molecule has 2 aliphatic rings. The van der Waals surface area contributed by atoms with Crippen molar-refractivity contribution in [3.8, 4) is 0 Å². The van der Waals surface area contributed by atoms with Gasteiger partial charge in [0, 0.05) is 50.7 Å². The van der Waals surface area contributed by atoms with E-state index in [9.17, 15) is 0 Å². The van der Waals surface area contributed by atoms with Crippen molar-refractivity contribution in [2.75, 3.05) is 26.8 Å². The van der Waals surface area contributed by atoms with Gasteiger partial charge in [-0.15, -0.1) is 0 Å². The van der Waals surface area contributed by atoms with Gasteiger partial charge in [0.05, 0.1) is 0 Å². The zero-order chi connectivity index (χ0) is 16.6. The molecule has 4 nitrogen and oxygen atoms in total. The van der Waals surface area contributed by atoms with E-state index in [0.29, 0.717) is 5.92 Å². The second kappa shape index (κ2) is 9.47. The molecule has 0 amide bonds. The van der Waals surface area contributed by atoms with Gasteiger partial charge >= 0.3 is 0 Å². The summed E-state index contributed by atoms with van der Waals surface area (Å²) in [5, 5.41) is 0. The number of methoxy groups -OCH3 is 1. The molecule has 1 aromatic rings. The Morgan fingerprint density at radius 3 is 2.62 bits per heavy atom. The summed E-state index contributed by atoms with van der Waals surface area (Å²) in [4.78, 5) is 12.0. The van der Waals surface area contributed by atoms with Gasteiger partial charge in [0.25, 0.3) is 0 Å². The molecule has 0 spiro atoms. The van der Waals surface area contributed by atoms with Crippen LogP contribution in [0.5, 0.6) is 0 Å². The molecule has 0 unspecified atom stereocenters. The maximum Gasteiger partial charge on any atom is 0.131 e. The van der Waals surface area contributed by atoms with Crippen molar-refractivity contribution in [2.24, 2.45) is 5.92 Å². The van der Waals surface area contributed by atoms with Crippen LogP contribution in [0.2, 0.25) is 0 Å². The van der Waals surface area contributed by atoms with Gasteiger partial charge in [0.1, 0.15) is 5.82 Å². The lowest BCUT2D eigenvalue weighted by Crippen LogP contribution is -2.35. The maximum atomic E-state index is 5.19. The Bertz CT molecular complexity index is 470. The first kappa shape index (κ1) is 17.8. The molecule has 1 aromatic heterocycles. The van der Waals surface area contributed by atoms with Crippen molar-refractivity contribution in [2.45, 2.75) is 70.3 Å². The minimum Gasteiger partial charge on any atom is -0.385 e. The standard InChI is InChI=1S/C20H33N3O/c1-24-12-6-8-17-7-5-11-23(15-17)16-18-13-21-20(22-14-18)19-9-3-2-4-10-19/h13-14,17,19H,2-12,15-16H2,1H3/t17-/m0/s1. The van der Waals surface area contributed by atoms with E-state index in [1.807, 2.05) is 0 Å². The average Bonchev–Trinajstić information content (AvgIpc) is 2.64. The molecule has 2 heterocycles. The summed E-state index contributed by atoms with van der Waals surface area (Å²) in [6.45, 7) is 4.33. The van der Waals surface area contributed by atoms with Gasteiger partial charge in [-0.3, -0.25) is 4.90 Å². The van der Waals surface area contributed by atoms with Crippen LogP contribution in [0.3, 0.4) is 0 Å². The largest absolute Gasteiger partial charge is 0.385 e. The Hall–Kier alpha value is -1.00. The van der Waals surface area contributed by atoms with Crippen molar-refractivity contribution in [3.63, 3.8) is 0 Å². The molecule has 3 rings (SSSR count). The van der Waals surface area contributed by atoms with E-state index in [-0.39, 0.29) is 0 Å². The SMILES string of the molecule is COCCC[C@@H]1CCCN(Cc2cnc(C3CCCCC3)nc2)C1. The van der Waals surface area contributed by atoms with Crippen LogP contribution in [0.25, 0.3) is 0 Å². The van der Waals surface area contributed by atoms with Crippen LogP contribution in [0.1, 0.15) is 75.1 Å². The van der Waals surface area contributed by atoms with Crippen LogP contribution in [0, 0.1) is 5.92 Å². The summed E-state index contributed by atoms with van der Waals surface area (Å²) in [7, 11) is 1.80. The smallest absolute Gasteiger partial charge is 0.131 e. The number of aromatic nitrogens is 2. The van der Waals surface area contributed by atoms with Crippen LogP contribution in [-0.2, 0) is 11.3 Å². The second-order valence-electron chi connectivity index (χ2n) is 7.66. The van der Waals surface area contributed by atoms with E-state index in [0.717, 1.165) is 24.9 Å². The van der Waals surface area contributed by atoms with Gasteiger partial charge in [-0.25, -0.2) is 9.97 Å². The molecule has 1 saturated heterocycles. The molecule has 4 heteroatoms. The minimum atomic E-state index is 0.605. The number of hydrogen-bond acceptors (Lipinski definition) is 4. The fourth-order valence-electron chi connectivity index (χ4n) is 4.32. The molecule has 0 radical (unpaired) electrons. The molecule has 0 bridgehead atoms. The fraction of sp³-hybridized carbons (Fsp3) is 0.800. The first-order valence-electron chi connectivity index (χ1n) is 9.87. The Labute approximate surface area is 147 Å². The summed E-state index contributed by atoms with van der Waals surface area (Å²) in [6, 6.07) is 0. The number of nitrogens with zero attached hydrogens (tertiary/aromatic N) is 3. The van der Waals surface area contributed by atoms with Gasteiger partial charge in [-0.05, 0) is 51.0 Å². The van der Waals surface area contributed by atoms with Crippen molar-refractivity contribution in [3.05, 3.63) is 23.8 Å². The molecule has 2 fully saturated rings. The Balaban J connectivity index is 1.48. The summed E-state index contributed by atoms with van der Waals surface area (Å²) in [6.07, 6.45) is 15.9. The Morgan fingerprint density at radius 1 is 1.08 bits per heavy atom. The molecular formula is C20H33N3O. The summed E-state index contributed by atoms with van der Waals surface area (Å²) < 4.78 is 5.19. The predicted octanol–water partition coefficient (Wildman–Crippen LogP) is 4.16. The van der Waals surface area contributed by atoms with Gasteiger partial charge in [0.2, 0.25) is 0 Å². The van der Waals surface area contributed by atoms with Gasteiger partial charge < -0.3 is 4.74 Å². The molecule has 1 aliphatic heterocycles. The molecule has 0 aromatic carbocycles. The monoisotopic (exact) mass is 331 g/mol. The maximum absolute atomic E-state index is 5.19. The highest BCUT2D eigenvalue weighted by molar-refractivity contribution is 5.08. The quantitative estimate of drug-likeness (QED) is 0.703. The molecule has 0 N–H and O–H groups in total. The lowest BCUT2D eigenvalue weighted by Gasteiger charge is -2.32. The number of hydrogen-bond donors (Lipinski definition) is 0. The van der Waals surface area contributed by atoms with Crippen LogP contribution in [-0.4, -0.2) is 41.7 Å². The molecule has 1 aliphatic carbocycles. The molecule has 1 atom stereocenters. The highest BCUT2D eigenvalue weighted by Crippen LogP contribution is 2.30. The van der Waals surface area contributed by atoms with Crippen LogP contribution in [0.15, 0.2) is 12.4 Å². The van der Waals surface area contributed by atoms with E-state index < -0.39 is 0 Å². The predicted molar refractivity (Wildman–Crippen MR) is 97.0 cm³/mol. The number of likely N-dealkylation sites (tertiary alicyclic amines) is 1. The van der Waals surface area contributed by atoms with E-state index in [4.69, 9.17) is 14.7 Å². The van der Waals surface area contributed by atoms with Gasteiger partial charge in [-0.1, -0.05) is 19.3 Å². The van der Waals surface area contributed by atoms with Crippen LogP contribution < -0.4 is 0 Å². The molecule has 24 heavy (non-hydrogen) atoms. The normalized spacial score (nSPS) is 23.5. The van der Waals surface area contributed by atoms with Gasteiger partial charge in [0.15, 0.2) is 0 Å². The molecular weight excluding hydrogens is 298 g/mol. The highest BCUT2D eigenvalue weighted by Gasteiger charge is 2.21.